The van der Waals surface area contributed by atoms with Gasteiger partial charge >= 0.3 is 0 Å². The summed E-state index contributed by atoms with van der Waals surface area (Å²) in [6, 6.07) is 11.8. The van der Waals surface area contributed by atoms with Crippen molar-refractivity contribution >= 4 is 10.2 Å². The molecular formula is C15H20N4O3S. The molecule has 0 aliphatic carbocycles. The molecule has 0 bridgehead atoms. The summed E-state index contributed by atoms with van der Waals surface area (Å²) in [4.78, 5) is 2.16. The number of benzene rings is 1. The first kappa shape index (κ1) is 16.1. The van der Waals surface area contributed by atoms with Crippen LogP contribution in [0, 0.1) is 0 Å². The fraction of sp³-hybridized carbons (Fsp3) is 0.400. The van der Waals surface area contributed by atoms with Crippen LogP contribution in [-0.4, -0.2) is 56.0 Å². The molecule has 1 N–H and O–H groups in total. The van der Waals surface area contributed by atoms with Crippen molar-refractivity contribution in [1.29, 1.82) is 0 Å². The molecule has 1 aliphatic heterocycles. The molecule has 8 heteroatoms. The van der Waals surface area contributed by atoms with Gasteiger partial charge in [0.2, 0.25) is 0 Å². The van der Waals surface area contributed by atoms with E-state index in [0.29, 0.717) is 32.7 Å². The van der Waals surface area contributed by atoms with Gasteiger partial charge in [0.05, 0.1) is 6.54 Å². The molecule has 0 amide bonds. The molecule has 7 nitrogen and oxygen atoms in total. The standard InChI is InChI=1S/C15H20N4O3S/c1-16-23(20,21)19-9-7-18(8-10-19)12-14-11-15(17-22-14)13-5-3-2-4-6-13/h2-6,11,16H,7-10,12H2,1H3. The molecule has 0 saturated carbocycles. The monoisotopic (exact) mass is 336 g/mol. The van der Waals surface area contributed by atoms with E-state index in [1.165, 1.54) is 11.4 Å². The Balaban J connectivity index is 1.59. The normalized spacial score (nSPS) is 17.4. The number of nitrogens with zero attached hydrogens (tertiary/aromatic N) is 3. The van der Waals surface area contributed by atoms with E-state index in [-0.39, 0.29) is 0 Å². The summed E-state index contributed by atoms with van der Waals surface area (Å²) in [5.74, 6) is 0.786. The summed E-state index contributed by atoms with van der Waals surface area (Å²) in [5, 5.41) is 4.10. The number of rotatable bonds is 5. The molecule has 3 rings (SSSR count). The zero-order chi connectivity index (χ0) is 16.3. The molecule has 23 heavy (non-hydrogen) atoms. The zero-order valence-corrected chi connectivity index (χ0v) is 13.8. The van der Waals surface area contributed by atoms with E-state index in [2.05, 4.69) is 14.8 Å². The maximum Gasteiger partial charge on any atom is 0.279 e. The molecule has 124 valence electrons. The van der Waals surface area contributed by atoms with Crippen molar-refractivity contribution in [3.05, 3.63) is 42.2 Å². The van der Waals surface area contributed by atoms with Gasteiger partial charge in [-0.15, -0.1) is 0 Å². The Morgan fingerprint density at radius 2 is 1.87 bits per heavy atom. The second kappa shape index (κ2) is 6.79. The maximum absolute atomic E-state index is 11.7. The molecule has 0 radical (unpaired) electrons. The summed E-state index contributed by atoms with van der Waals surface area (Å²) in [7, 11) is -1.90. The van der Waals surface area contributed by atoms with Crippen molar-refractivity contribution in [3.8, 4) is 11.3 Å². The smallest absolute Gasteiger partial charge is 0.279 e. The number of aromatic nitrogens is 1. The molecule has 1 aromatic heterocycles. The van der Waals surface area contributed by atoms with Crippen molar-refractivity contribution in [2.24, 2.45) is 0 Å². The van der Waals surface area contributed by atoms with Crippen LogP contribution in [0.5, 0.6) is 0 Å². The average Bonchev–Trinajstić information content (AvgIpc) is 3.05. The van der Waals surface area contributed by atoms with Crippen molar-refractivity contribution in [3.63, 3.8) is 0 Å². The van der Waals surface area contributed by atoms with Crippen molar-refractivity contribution < 1.29 is 12.9 Å². The highest BCUT2D eigenvalue weighted by Gasteiger charge is 2.26. The summed E-state index contributed by atoms with van der Waals surface area (Å²) in [6.45, 7) is 2.92. The molecule has 2 aromatic rings. The lowest BCUT2D eigenvalue weighted by Gasteiger charge is -2.32. The molecule has 1 aromatic carbocycles. The van der Waals surface area contributed by atoms with Crippen molar-refractivity contribution in [2.45, 2.75) is 6.54 Å². The molecule has 0 spiro atoms. The van der Waals surface area contributed by atoms with E-state index >= 15 is 0 Å². The number of hydrogen-bond donors (Lipinski definition) is 1. The molecular weight excluding hydrogens is 316 g/mol. The van der Waals surface area contributed by atoms with Crippen molar-refractivity contribution in [1.82, 2.24) is 19.1 Å². The maximum atomic E-state index is 11.7. The van der Waals surface area contributed by atoms with E-state index in [4.69, 9.17) is 4.52 Å². The molecule has 0 atom stereocenters. The van der Waals surface area contributed by atoms with Gasteiger partial charge in [0.1, 0.15) is 5.69 Å². The van der Waals surface area contributed by atoms with Gasteiger partial charge in [-0.2, -0.15) is 12.7 Å². The van der Waals surface area contributed by atoms with Gasteiger partial charge < -0.3 is 4.52 Å². The third-order valence-electron chi connectivity index (χ3n) is 3.94. The van der Waals surface area contributed by atoms with Crippen LogP contribution in [-0.2, 0) is 16.8 Å². The van der Waals surface area contributed by atoms with Crippen LogP contribution in [0.4, 0.5) is 0 Å². The third kappa shape index (κ3) is 3.78. The SMILES string of the molecule is CNS(=O)(=O)N1CCN(Cc2cc(-c3ccccc3)no2)CC1. The van der Waals surface area contributed by atoms with Crippen LogP contribution in [0.2, 0.25) is 0 Å². The fourth-order valence-electron chi connectivity index (χ4n) is 2.61. The number of hydrogen-bond acceptors (Lipinski definition) is 5. The van der Waals surface area contributed by atoms with E-state index in [9.17, 15) is 8.42 Å². The minimum atomic E-state index is -3.33. The van der Waals surface area contributed by atoms with Gasteiger partial charge in [-0.05, 0) is 0 Å². The van der Waals surface area contributed by atoms with Gasteiger partial charge in [-0.3, -0.25) is 4.90 Å². The van der Waals surface area contributed by atoms with Gasteiger partial charge in [0, 0.05) is 44.9 Å². The highest BCUT2D eigenvalue weighted by atomic mass is 32.2. The molecule has 1 fully saturated rings. The van der Waals surface area contributed by atoms with Gasteiger partial charge in [0.15, 0.2) is 5.76 Å². The average molecular weight is 336 g/mol. The quantitative estimate of drug-likeness (QED) is 0.878. The van der Waals surface area contributed by atoms with E-state index < -0.39 is 10.2 Å². The highest BCUT2D eigenvalue weighted by Crippen LogP contribution is 2.20. The van der Waals surface area contributed by atoms with Crippen LogP contribution in [0.1, 0.15) is 5.76 Å². The van der Waals surface area contributed by atoms with Crippen LogP contribution >= 0.6 is 0 Å². The molecule has 2 heterocycles. The Labute approximate surface area is 136 Å². The summed E-state index contributed by atoms with van der Waals surface area (Å²) < 4.78 is 32.7. The lowest BCUT2D eigenvalue weighted by molar-refractivity contribution is 0.165. The Bertz CT molecular complexity index is 737. The topological polar surface area (TPSA) is 78.7 Å². The minimum absolute atomic E-state index is 0.475. The predicted molar refractivity (Wildman–Crippen MR) is 86.8 cm³/mol. The number of piperazine rings is 1. The van der Waals surface area contributed by atoms with Crippen molar-refractivity contribution in [2.75, 3.05) is 33.2 Å². The van der Waals surface area contributed by atoms with Gasteiger partial charge in [-0.1, -0.05) is 35.5 Å². The highest BCUT2D eigenvalue weighted by molar-refractivity contribution is 7.87. The zero-order valence-electron chi connectivity index (χ0n) is 13.0. The first-order valence-electron chi connectivity index (χ1n) is 7.50. The summed E-state index contributed by atoms with van der Waals surface area (Å²) >= 11 is 0. The Morgan fingerprint density at radius 3 is 2.52 bits per heavy atom. The van der Waals surface area contributed by atoms with Crippen LogP contribution in [0.3, 0.4) is 0 Å². The molecule has 1 aliphatic rings. The molecule has 0 unspecified atom stereocenters. The second-order valence-corrected chi connectivity index (χ2v) is 7.30. The first-order valence-corrected chi connectivity index (χ1v) is 8.94. The van der Waals surface area contributed by atoms with Gasteiger partial charge in [-0.25, -0.2) is 4.72 Å². The predicted octanol–water partition coefficient (Wildman–Crippen LogP) is 0.923. The molecule has 1 saturated heterocycles. The van der Waals surface area contributed by atoms with E-state index in [0.717, 1.165) is 17.0 Å². The largest absolute Gasteiger partial charge is 0.359 e. The summed E-state index contributed by atoms with van der Waals surface area (Å²) in [6.07, 6.45) is 0. The number of nitrogens with one attached hydrogen (secondary N) is 1. The fourth-order valence-corrected chi connectivity index (χ4v) is 3.51. The minimum Gasteiger partial charge on any atom is -0.359 e. The lowest BCUT2D eigenvalue weighted by Crippen LogP contribution is -2.50. The first-order chi connectivity index (χ1) is 11.1. The van der Waals surface area contributed by atoms with E-state index in [1.807, 2.05) is 36.4 Å². The van der Waals surface area contributed by atoms with E-state index in [1.54, 1.807) is 0 Å². The van der Waals surface area contributed by atoms with Crippen LogP contribution in [0.15, 0.2) is 40.9 Å². The van der Waals surface area contributed by atoms with Gasteiger partial charge in [0.25, 0.3) is 10.2 Å². The Morgan fingerprint density at radius 1 is 1.17 bits per heavy atom. The van der Waals surface area contributed by atoms with Crippen LogP contribution < -0.4 is 4.72 Å². The van der Waals surface area contributed by atoms with Crippen LogP contribution in [0.25, 0.3) is 11.3 Å². The third-order valence-corrected chi connectivity index (χ3v) is 5.50. The summed E-state index contributed by atoms with van der Waals surface area (Å²) in [5.41, 5.74) is 1.84. The Hall–Kier alpha value is -1.74. The Kier molecular flexibility index (Phi) is 4.76. The lowest BCUT2D eigenvalue weighted by atomic mass is 10.1. The second-order valence-electron chi connectivity index (χ2n) is 5.43.